The van der Waals surface area contributed by atoms with E-state index in [1.807, 2.05) is 31.6 Å². The summed E-state index contributed by atoms with van der Waals surface area (Å²) in [6.45, 7) is 6.81. The summed E-state index contributed by atoms with van der Waals surface area (Å²) >= 11 is 0. The van der Waals surface area contributed by atoms with Crippen LogP contribution in [0.15, 0.2) is 12.3 Å². The fourth-order valence-electron chi connectivity index (χ4n) is 2.31. The molecule has 1 atom stereocenters. The summed E-state index contributed by atoms with van der Waals surface area (Å²) in [7, 11) is 1.89. The molecule has 0 amide bonds. The minimum absolute atomic E-state index is 0.659. The van der Waals surface area contributed by atoms with Crippen LogP contribution >= 0.6 is 0 Å². The van der Waals surface area contributed by atoms with E-state index < -0.39 is 6.10 Å². The van der Waals surface area contributed by atoms with Crippen molar-refractivity contribution in [2.24, 2.45) is 7.05 Å². The summed E-state index contributed by atoms with van der Waals surface area (Å²) in [6, 6.07) is 1.87. The van der Waals surface area contributed by atoms with Gasteiger partial charge in [0.1, 0.15) is 6.10 Å². The topological polar surface area (TPSA) is 55.9 Å². The van der Waals surface area contributed by atoms with Gasteiger partial charge in [-0.15, -0.1) is 0 Å². The van der Waals surface area contributed by atoms with Gasteiger partial charge in [0.25, 0.3) is 0 Å². The van der Waals surface area contributed by atoms with Crippen molar-refractivity contribution in [3.63, 3.8) is 0 Å². The average Bonchev–Trinajstić information content (AvgIpc) is 2.86. The molecule has 2 heterocycles. The Bertz CT molecular complexity index is 541. The quantitative estimate of drug-likeness (QED) is 0.896. The van der Waals surface area contributed by atoms with Crippen LogP contribution in [0.3, 0.4) is 0 Å². The molecule has 2 aromatic rings. The molecule has 0 radical (unpaired) electrons. The molecule has 1 N–H and O–H groups in total. The van der Waals surface area contributed by atoms with Gasteiger partial charge in [-0.05, 0) is 26.3 Å². The van der Waals surface area contributed by atoms with Crippen molar-refractivity contribution >= 4 is 0 Å². The van der Waals surface area contributed by atoms with Gasteiger partial charge in [-0.2, -0.15) is 10.2 Å². The number of aliphatic hydroxyl groups is 1. The summed E-state index contributed by atoms with van der Waals surface area (Å²) in [5, 5.41) is 19.1. The van der Waals surface area contributed by atoms with Crippen LogP contribution in [0.4, 0.5) is 0 Å². The van der Waals surface area contributed by atoms with Crippen LogP contribution in [0.5, 0.6) is 0 Å². The number of aliphatic hydroxyl groups excluding tert-OH is 1. The molecule has 0 aromatic carbocycles. The smallest absolute Gasteiger partial charge is 0.124 e. The van der Waals surface area contributed by atoms with E-state index in [-0.39, 0.29) is 0 Å². The lowest BCUT2D eigenvalue weighted by atomic mass is 10.0. The minimum atomic E-state index is -0.659. The van der Waals surface area contributed by atoms with E-state index >= 15 is 0 Å². The molecule has 0 bridgehead atoms. The van der Waals surface area contributed by atoms with Crippen LogP contribution in [0.1, 0.15) is 42.1 Å². The second-order valence-corrected chi connectivity index (χ2v) is 4.59. The Kier molecular flexibility index (Phi) is 3.52. The first kappa shape index (κ1) is 12.8. The average molecular weight is 248 g/mol. The van der Waals surface area contributed by atoms with Gasteiger partial charge < -0.3 is 5.11 Å². The third-order valence-electron chi connectivity index (χ3n) is 3.30. The zero-order valence-corrected chi connectivity index (χ0v) is 11.4. The SMILES string of the molecule is CCCn1nccc1C(O)c1c(C)nn(C)c1C. The van der Waals surface area contributed by atoms with E-state index in [9.17, 15) is 5.11 Å². The van der Waals surface area contributed by atoms with Gasteiger partial charge in [-0.1, -0.05) is 6.92 Å². The molecule has 2 aromatic heterocycles. The molecule has 0 aliphatic rings. The molecule has 0 saturated carbocycles. The number of aromatic nitrogens is 4. The summed E-state index contributed by atoms with van der Waals surface area (Å²) in [6.07, 6.45) is 2.06. The number of aryl methyl sites for hydroxylation is 3. The van der Waals surface area contributed by atoms with Crippen molar-refractivity contribution < 1.29 is 5.11 Å². The minimum Gasteiger partial charge on any atom is -0.382 e. The predicted octanol–water partition coefficient (Wildman–Crippen LogP) is 1.73. The molecule has 5 heteroatoms. The van der Waals surface area contributed by atoms with Crippen LogP contribution in [-0.2, 0) is 13.6 Å². The van der Waals surface area contributed by atoms with Crippen molar-refractivity contribution in [3.8, 4) is 0 Å². The normalized spacial score (nSPS) is 12.9. The lowest BCUT2D eigenvalue weighted by molar-refractivity contribution is 0.206. The third kappa shape index (κ3) is 2.06. The van der Waals surface area contributed by atoms with Crippen molar-refractivity contribution in [1.82, 2.24) is 19.6 Å². The van der Waals surface area contributed by atoms with Gasteiger partial charge in [-0.25, -0.2) is 0 Å². The second kappa shape index (κ2) is 4.94. The molecule has 0 fully saturated rings. The van der Waals surface area contributed by atoms with Crippen molar-refractivity contribution in [2.45, 2.75) is 39.8 Å². The lowest BCUT2D eigenvalue weighted by Crippen LogP contribution is -2.11. The molecule has 0 spiro atoms. The van der Waals surface area contributed by atoms with Gasteiger partial charge in [0.2, 0.25) is 0 Å². The Hall–Kier alpha value is -1.62. The first-order chi connectivity index (χ1) is 8.56. The van der Waals surface area contributed by atoms with Gasteiger partial charge in [0.05, 0.1) is 11.4 Å². The molecule has 0 aliphatic heterocycles. The molecule has 0 saturated heterocycles. The summed E-state index contributed by atoms with van der Waals surface area (Å²) in [5.74, 6) is 0. The molecular weight excluding hydrogens is 228 g/mol. The highest BCUT2D eigenvalue weighted by Gasteiger charge is 2.22. The van der Waals surface area contributed by atoms with Crippen LogP contribution in [0.2, 0.25) is 0 Å². The predicted molar refractivity (Wildman–Crippen MR) is 69.3 cm³/mol. The van der Waals surface area contributed by atoms with E-state index in [4.69, 9.17) is 0 Å². The molecular formula is C13H20N4O. The Labute approximate surface area is 107 Å². The Morgan fingerprint density at radius 2 is 2.11 bits per heavy atom. The first-order valence-electron chi connectivity index (χ1n) is 6.26. The molecule has 2 rings (SSSR count). The molecule has 18 heavy (non-hydrogen) atoms. The van der Waals surface area contributed by atoms with E-state index in [2.05, 4.69) is 17.1 Å². The molecule has 98 valence electrons. The summed E-state index contributed by atoms with van der Waals surface area (Å²) in [4.78, 5) is 0. The highest BCUT2D eigenvalue weighted by molar-refractivity contribution is 5.32. The standard InChI is InChI=1S/C13H20N4O/c1-5-8-17-11(6-7-14-17)13(18)12-9(2)15-16(4)10(12)3/h6-7,13,18H,5,8H2,1-4H3. The maximum Gasteiger partial charge on any atom is 0.124 e. The van der Waals surface area contributed by atoms with E-state index in [1.165, 1.54) is 0 Å². The summed E-state index contributed by atoms with van der Waals surface area (Å²) in [5.41, 5.74) is 3.57. The lowest BCUT2D eigenvalue weighted by Gasteiger charge is -2.13. The zero-order valence-electron chi connectivity index (χ0n) is 11.4. The van der Waals surface area contributed by atoms with Crippen molar-refractivity contribution in [1.29, 1.82) is 0 Å². The van der Waals surface area contributed by atoms with Gasteiger partial charge in [0.15, 0.2) is 0 Å². The molecule has 0 aliphatic carbocycles. The highest BCUT2D eigenvalue weighted by Crippen LogP contribution is 2.27. The number of rotatable bonds is 4. The van der Waals surface area contributed by atoms with Crippen molar-refractivity contribution in [3.05, 3.63) is 34.9 Å². The molecule has 5 nitrogen and oxygen atoms in total. The van der Waals surface area contributed by atoms with Crippen molar-refractivity contribution in [2.75, 3.05) is 0 Å². The second-order valence-electron chi connectivity index (χ2n) is 4.59. The fraction of sp³-hybridized carbons (Fsp3) is 0.538. The van der Waals surface area contributed by atoms with E-state index in [0.29, 0.717) is 0 Å². The summed E-state index contributed by atoms with van der Waals surface area (Å²) < 4.78 is 3.66. The monoisotopic (exact) mass is 248 g/mol. The maximum absolute atomic E-state index is 10.5. The van der Waals surface area contributed by atoms with E-state index in [0.717, 1.165) is 35.6 Å². The fourth-order valence-corrected chi connectivity index (χ4v) is 2.31. The third-order valence-corrected chi connectivity index (χ3v) is 3.30. The van der Waals surface area contributed by atoms with Gasteiger partial charge >= 0.3 is 0 Å². The maximum atomic E-state index is 10.5. The Morgan fingerprint density at radius 3 is 2.67 bits per heavy atom. The number of hydrogen-bond acceptors (Lipinski definition) is 3. The Balaban J connectivity index is 2.41. The molecule has 1 unspecified atom stereocenters. The first-order valence-corrected chi connectivity index (χ1v) is 6.26. The van der Waals surface area contributed by atoms with Crippen LogP contribution < -0.4 is 0 Å². The van der Waals surface area contributed by atoms with Gasteiger partial charge in [-0.3, -0.25) is 9.36 Å². The van der Waals surface area contributed by atoms with E-state index in [1.54, 1.807) is 10.9 Å². The Morgan fingerprint density at radius 1 is 1.39 bits per heavy atom. The number of hydrogen-bond donors (Lipinski definition) is 1. The van der Waals surface area contributed by atoms with Crippen LogP contribution in [0, 0.1) is 13.8 Å². The zero-order chi connectivity index (χ0) is 13.3. The van der Waals surface area contributed by atoms with Crippen LogP contribution in [-0.4, -0.2) is 24.7 Å². The largest absolute Gasteiger partial charge is 0.382 e. The van der Waals surface area contributed by atoms with Gasteiger partial charge in [0, 0.05) is 31.0 Å². The van der Waals surface area contributed by atoms with Crippen LogP contribution in [0.25, 0.3) is 0 Å². The highest BCUT2D eigenvalue weighted by atomic mass is 16.3. The number of nitrogens with zero attached hydrogens (tertiary/aromatic N) is 4.